The van der Waals surface area contributed by atoms with Gasteiger partial charge in [0.2, 0.25) is 10.0 Å². The van der Waals surface area contributed by atoms with Crippen molar-refractivity contribution in [2.75, 3.05) is 26.2 Å². The van der Waals surface area contributed by atoms with Gasteiger partial charge in [0.25, 0.3) is 0 Å². The van der Waals surface area contributed by atoms with Crippen molar-refractivity contribution in [2.24, 2.45) is 5.41 Å². The van der Waals surface area contributed by atoms with E-state index in [0.29, 0.717) is 18.0 Å². The van der Waals surface area contributed by atoms with Crippen molar-refractivity contribution in [2.45, 2.75) is 57.0 Å². The van der Waals surface area contributed by atoms with E-state index in [9.17, 15) is 8.42 Å². The van der Waals surface area contributed by atoms with E-state index in [0.717, 1.165) is 58.3 Å². The molecule has 6 nitrogen and oxygen atoms in total. The van der Waals surface area contributed by atoms with Crippen LogP contribution in [0.15, 0.2) is 47.6 Å². The highest BCUT2D eigenvalue weighted by molar-refractivity contribution is 7.89. The number of sulfonamides is 1. The maximum Gasteiger partial charge on any atom is 0.246 e. The minimum Gasteiger partial charge on any atom is -0.298 e. The van der Waals surface area contributed by atoms with Crippen LogP contribution in [0.4, 0.5) is 0 Å². The SMILES string of the molecule is CCCn1cc(S(=O)(=O)N2CCCC3(CCCN(Cc4ccccc4)C3)C2)cn1. The van der Waals surface area contributed by atoms with Crippen molar-refractivity contribution in [1.29, 1.82) is 0 Å². The summed E-state index contributed by atoms with van der Waals surface area (Å²) in [5.74, 6) is 0. The van der Waals surface area contributed by atoms with Crippen molar-refractivity contribution in [3.63, 3.8) is 0 Å². The second kappa shape index (κ2) is 8.58. The molecule has 0 radical (unpaired) electrons. The van der Waals surface area contributed by atoms with Crippen LogP contribution in [0.25, 0.3) is 0 Å². The zero-order chi connectivity index (χ0) is 20.3. The molecule has 7 heteroatoms. The van der Waals surface area contributed by atoms with Gasteiger partial charge >= 0.3 is 0 Å². The fourth-order valence-corrected chi connectivity index (χ4v) is 6.51. The lowest BCUT2D eigenvalue weighted by Gasteiger charge is -2.48. The van der Waals surface area contributed by atoms with Crippen molar-refractivity contribution >= 4 is 10.0 Å². The Bertz CT molecular complexity index is 908. The van der Waals surface area contributed by atoms with E-state index in [1.165, 1.54) is 11.8 Å². The number of hydrogen-bond donors (Lipinski definition) is 0. The van der Waals surface area contributed by atoms with Crippen LogP contribution in [-0.4, -0.2) is 53.6 Å². The van der Waals surface area contributed by atoms with E-state index in [-0.39, 0.29) is 5.41 Å². The van der Waals surface area contributed by atoms with Gasteiger partial charge in [-0.25, -0.2) is 8.42 Å². The second-order valence-electron chi connectivity index (χ2n) is 8.68. The van der Waals surface area contributed by atoms with E-state index in [2.05, 4.69) is 41.2 Å². The Hall–Kier alpha value is -1.70. The van der Waals surface area contributed by atoms with Crippen molar-refractivity contribution in [3.8, 4) is 0 Å². The van der Waals surface area contributed by atoms with Gasteiger partial charge in [-0.2, -0.15) is 9.40 Å². The molecule has 3 heterocycles. The van der Waals surface area contributed by atoms with E-state index in [1.54, 1.807) is 15.2 Å². The molecule has 0 saturated carbocycles. The molecule has 1 unspecified atom stereocenters. The molecule has 2 saturated heterocycles. The first-order valence-corrected chi connectivity index (χ1v) is 12.2. The summed E-state index contributed by atoms with van der Waals surface area (Å²) in [6, 6.07) is 10.6. The van der Waals surface area contributed by atoms with Crippen LogP contribution in [0.5, 0.6) is 0 Å². The van der Waals surface area contributed by atoms with Crippen molar-refractivity contribution < 1.29 is 8.42 Å². The Kier molecular flexibility index (Phi) is 6.08. The number of nitrogens with zero attached hydrogens (tertiary/aromatic N) is 4. The summed E-state index contributed by atoms with van der Waals surface area (Å²) in [5, 5.41) is 4.23. The van der Waals surface area contributed by atoms with Gasteiger partial charge in [0.15, 0.2) is 0 Å². The minimum atomic E-state index is -3.48. The molecule has 1 spiro atoms. The van der Waals surface area contributed by atoms with Crippen molar-refractivity contribution in [1.82, 2.24) is 19.0 Å². The first-order chi connectivity index (χ1) is 14.0. The van der Waals surface area contributed by atoms with E-state index >= 15 is 0 Å². The normalized spacial score (nSPS) is 24.2. The van der Waals surface area contributed by atoms with Gasteiger partial charge in [-0.15, -0.1) is 0 Å². The van der Waals surface area contributed by atoms with Crippen molar-refractivity contribution in [3.05, 3.63) is 48.3 Å². The lowest BCUT2D eigenvalue weighted by Crippen LogP contribution is -2.53. The summed E-state index contributed by atoms with van der Waals surface area (Å²) < 4.78 is 30.0. The fourth-order valence-electron chi connectivity index (χ4n) is 4.97. The average Bonchev–Trinajstić information content (AvgIpc) is 3.19. The van der Waals surface area contributed by atoms with Gasteiger partial charge in [0.1, 0.15) is 4.90 Å². The summed E-state index contributed by atoms with van der Waals surface area (Å²) in [6.07, 6.45) is 8.41. The Labute approximate surface area is 174 Å². The number of hydrogen-bond acceptors (Lipinski definition) is 4. The third-order valence-electron chi connectivity index (χ3n) is 6.32. The molecule has 2 aliphatic rings. The molecule has 0 amide bonds. The zero-order valence-corrected chi connectivity index (χ0v) is 18.1. The van der Waals surface area contributed by atoms with Gasteiger partial charge in [-0.1, -0.05) is 37.3 Å². The third kappa shape index (κ3) is 4.57. The molecule has 2 aliphatic heterocycles. The monoisotopic (exact) mass is 416 g/mol. The van der Waals surface area contributed by atoms with Gasteiger partial charge in [-0.05, 0) is 49.6 Å². The lowest BCUT2D eigenvalue weighted by atomic mass is 9.74. The molecule has 2 aromatic rings. The van der Waals surface area contributed by atoms with Crippen LogP contribution in [0.1, 0.15) is 44.6 Å². The number of likely N-dealkylation sites (tertiary alicyclic amines) is 1. The largest absolute Gasteiger partial charge is 0.298 e. The van der Waals surface area contributed by atoms with Crippen LogP contribution in [-0.2, 0) is 23.1 Å². The first kappa shape index (κ1) is 20.6. The Morgan fingerprint density at radius 2 is 1.83 bits per heavy atom. The predicted molar refractivity (Wildman–Crippen MR) is 114 cm³/mol. The number of piperidine rings is 2. The predicted octanol–water partition coefficient (Wildman–Crippen LogP) is 3.36. The highest BCUT2D eigenvalue weighted by atomic mass is 32.2. The summed E-state index contributed by atoms with van der Waals surface area (Å²) in [7, 11) is -3.48. The van der Waals surface area contributed by atoms with E-state index in [1.807, 2.05) is 6.07 Å². The van der Waals surface area contributed by atoms with E-state index < -0.39 is 10.0 Å². The Morgan fingerprint density at radius 3 is 2.59 bits per heavy atom. The number of aryl methyl sites for hydroxylation is 1. The van der Waals surface area contributed by atoms with Crippen LogP contribution in [0.3, 0.4) is 0 Å². The molecule has 29 heavy (non-hydrogen) atoms. The van der Waals surface area contributed by atoms with Crippen LogP contribution in [0, 0.1) is 5.41 Å². The van der Waals surface area contributed by atoms with E-state index in [4.69, 9.17) is 0 Å². The van der Waals surface area contributed by atoms with Crippen LogP contribution >= 0.6 is 0 Å². The molecule has 1 aromatic heterocycles. The molecule has 4 rings (SSSR count). The van der Waals surface area contributed by atoms with Crippen LogP contribution in [0.2, 0.25) is 0 Å². The van der Waals surface area contributed by atoms with Gasteiger partial charge in [0.05, 0.1) is 6.20 Å². The summed E-state index contributed by atoms with van der Waals surface area (Å²) in [4.78, 5) is 2.84. The molecule has 2 fully saturated rings. The Morgan fingerprint density at radius 1 is 1.07 bits per heavy atom. The molecule has 0 N–H and O–H groups in total. The average molecular weight is 417 g/mol. The number of benzene rings is 1. The second-order valence-corrected chi connectivity index (χ2v) is 10.6. The molecule has 0 aliphatic carbocycles. The molecule has 1 atom stereocenters. The summed E-state index contributed by atoms with van der Waals surface area (Å²) >= 11 is 0. The molecule has 158 valence electrons. The maximum absolute atomic E-state index is 13.3. The molecule has 1 aromatic carbocycles. The highest BCUT2D eigenvalue weighted by Crippen LogP contribution is 2.40. The highest BCUT2D eigenvalue weighted by Gasteiger charge is 2.42. The fraction of sp³-hybridized carbons (Fsp3) is 0.591. The number of aromatic nitrogens is 2. The lowest BCUT2D eigenvalue weighted by molar-refractivity contribution is 0.0362. The quantitative estimate of drug-likeness (QED) is 0.725. The molecular formula is C22H32N4O2S. The standard InChI is InChI=1S/C22H32N4O2S/c1-2-12-25-17-21(15-23-25)29(27,28)26-14-7-11-22(19-26)10-6-13-24(18-22)16-20-8-4-3-5-9-20/h3-5,8-9,15,17H,2,6-7,10-14,16,18-19H2,1H3. The van der Waals surface area contributed by atoms with Crippen LogP contribution < -0.4 is 0 Å². The third-order valence-corrected chi connectivity index (χ3v) is 8.11. The topological polar surface area (TPSA) is 58.4 Å². The zero-order valence-electron chi connectivity index (χ0n) is 17.3. The maximum atomic E-state index is 13.3. The minimum absolute atomic E-state index is 0.0672. The van der Waals surface area contributed by atoms with Gasteiger partial charge < -0.3 is 0 Å². The summed E-state index contributed by atoms with van der Waals surface area (Å²) in [6.45, 7) is 7.05. The Balaban J connectivity index is 1.47. The summed E-state index contributed by atoms with van der Waals surface area (Å²) in [5.41, 5.74) is 1.39. The smallest absolute Gasteiger partial charge is 0.246 e. The first-order valence-electron chi connectivity index (χ1n) is 10.8. The van der Waals surface area contributed by atoms with Gasteiger partial charge in [0, 0.05) is 38.9 Å². The number of rotatable bonds is 6. The van der Waals surface area contributed by atoms with Gasteiger partial charge in [-0.3, -0.25) is 9.58 Å². The molecule has 0 bridgehead atoms. The molecular weight excluding hydrogens is 384 g/mol.